The number of rotatable bonds is 4. The Morgan fingerprint density at radius 2 is 2.44 bits per heavy atom. The van der Waals surface area contributed by atoms with Crippen molar-refractivity contribution in [1.82, 2.24) is 15.3 Å². The van der Waals surface area contributed by atoms with Gasteiger partial charge >= 0.3 is 0 Å². The number of hydrogen-bond donors (Lipinski definition) is 1. The number of fused-ring (bicyclic) bond motifs is 1. The Labute approximate surface area is 111 Å². The van der Waals surface area contributed by atoms with Crippen molar-refractivity contribution in [3.05, 3.63) is 46.2 Å². The molecule has 18 heavy (non-hydrogen) atoms. The van der Waals surface area contributed by atoms with Crippen molar-refractivity contribution >= 4 is 11.3 Å². The lowest BCUT2D eigenvalue weighted by Gasteiger charge is -2.25. The lowest BCUT2D eigenvalue weighted by atomic mass is 9.92. The maximum Gasteiger partial charge on any atom is 0.0794 e. The molecule has 94 valence electrons. The standard InChI is InChI=1S/C14H17N3S/c1-3-11-4-2-7-17-14(11)13(5-1)16-8-6-12-9-15-10-18-12/h2,4,7,9-10,13,16H,1,3,5-6,8H2. The first-order chi connectivity index (χ1) is 8.93. The number of aryl methyl sites for hydroxylation is 1. The Morgan fingerprint density at radius 1 is 1.44 bits per heavy atom. The number of nitrogens with one attached hydrogen (secondary N) is 1. The molecule has 0 aromatic carbocycles. The third-order valence-corrected chi connectivity index (χ3v) is 4.28. The molecule has 1 atom stereocenters. The first kappa shape index (κ1) is 11.8. The molecular formula is C14H17N3S. The minimum absolute atomic E-state index is 0.433. The van der Waals surface area contributed by atoms with E-state index in [1.54, 1.807) is 11.3 Å². The van der Waals surface area contributed by atoms with Gasteiger partial charge in [0, 0.05) is 29.9 Å². The van der Waals surface area contributed by atoms with E-state index in [-0.39, 0.29) is 0 Å². The van der Waals surface area contributed by atoms with Gasteiger partial charge in [-0.15, -0.1) is 11.3 Å². The predicted molar refractivity (Wildman–Crippen MR) is 73.7 cm³/mol. The fourth-order valence-electron chi connectivity index (χ4n) is 2.54. The molecule has 0 radical (unpaired) electrons. The summed E-state index contributed by atoms with van der Waals surface area (Å²) in [4.78, 5) is 9.99. The van der Waals surface area contributed by atoms with Crippen LogP contribution in [0.5, 0.6) is 0 Å². The molecule has 3 rings (SSSR count). The van der Waals surface area contributed by atoms with Crippen LogP contribution in [-0.2, 0) is 12.8 Å². The molecule has 1 N–H and O–H groups in total. The van der Waals surface area contributed by atoms with E-state index in [4.69, 9.17) is 0 Å². The van der Waals surface area contributed by atoms with E-state index in [1.807, 2.05) is 24.0 Å². The van der Waals surface area contributed by atoms with Crippen molar-refractivity contribution in [1.29, 1.82) is 0 Å². The Hall–Kier alpha value is -1.26. The molecule has 0 fully saturated rings. The first-order valence-corrected chi connectivity index (χ1v) is 7.36. The monoisotopic (exact) mass is 259 g/mol. The zero-order chi connectivity index (χ0) is 12.2. The molecule has 0 saturated carbocycles. The zero-order valence-electron chi connectivity index (χ0n) is 10.3. The summed E-state index contributed by atoms with van der Waals surface area (Å²) < 4.78 is 0. The quantitative estimate of drug-likeness (QED) is 0.917. The molecule has 3 nitrogen and oxygen atoms in total. The van der Waals surface area contributed by atoms with Gasteiger partial charge in [-0.25, -0.2) is 0 Å². The van der Waals surface area contributed by atoms with Crippen LogP contribution in [0.15, 0.2) is 30.0 Å². The second-order valence-electron chi connectivity index (χ2n) is 4.66. The second kappa shape index (κ2) is 5.59. The third kappa shape index (κ3) is 2.60. The van der Waals surface area contributed by atoms with Crippen LogP contribution in [0.1, 0.15) is 35.0 Å². The van der Waals surface area contributed by atoms with E-state index in [1.165, 1.54) is 35.4 Å². The summed E-state index contributed by atoms with van der Waals surface area (Å²) in [5.41, 5.74) is 4.57. The molecule has 1 aliphatic rings. The summed E-state index contributed by atoms with van der Waals surface area (Å²) >= 11 is 1.73. The van der Waals surface area contributed by atoms with Crippen molar-refractivity contribution in [2.24, 2.45) is 0 Å². The van der Waals surface area contributed by atoms with Gasteiger partial charge in [-0.3, -0.25) is 9.97 Å². The van der Waals surface area contributed by atoms with Gasteiger partial charge in [0.25, 0.3) is 0 Å². The van der Waals surface area contributed by atoms with E-state index < -0.39 is 0 Å². The molecule has 1 aliphatic carbocycles. The maximum absolute atomic E-state index is 4.54. The van der Waals surface area contributed by atoms with E-state index >= 15 is 0 Å². The molecule has 2 aromatic rings. The van der Waals surface area contributed by atoms with E-state index in [0.29, 0.717) is 6.04 Å². The normalized spacial score (nSPS) is 18.6. The average Bonchev–Trinajstić information content (AvgIpc) is 2.92. The van der Waals surface area contributed by atoms with Crippen LogP contribution in [0.25, 0.3) is 0 Å². The minimum atomic E-state index is 0.433. The van der Waals surface area contributed by atoms with Gasteiger partial charge in [0.15, 0.2) is 0 Å². The van der Waals surface area contributed by atoms with Gasteiger partial charge in [0.2, 0.25) is 0 Å². The van der Waals surface area contributed by atoms with Crippen molar-refractivity contribution < 1.29 is 0 Å². The summed E-state index contributed by atoms with van der Waals surface area (Å²) in [5.74, 6) is 0. The fraction of sp³-hybridized carbons (Fsp3) is 0.429. The highest BCUT2D eigenvalue weighted by Crippen LogP contribution is 2.27. The molecule has 0 aliphatic heterocycles. The molecule has 4 heteroatoms. The maximum atomic E-state index is 4.54. The highest BCUT2D eigenvalue weighted by atomic mass is 32.1. The van der Waals surface area contributed by atoms with E-state index in [2.05, 4.69) is 21.4 Å². The Kier molecular flexibility index (Phi) is 3.67. The fourth-order valence-corrected chi connectivity index (χ4v) is 3.14. The predicted octanol–water partition coefficient (Wildman–Crippen LogP) is 2.75. The van der Waals surface area contributed by atoms with E-state index in [9.17, 15) is 0 Å². The van der Waals surface area contributed by atoms with Gasteiger partial charge in [-0.2, -0.15) is 0 Å². The number of thiazole rings is 1. The van der Waals surface area contributed by atoms with Gasteiger partial charge in [-0.1, -0.05) is 6.07 Å². The van der Waals surface area contributed by atoms with Crippen LogP contribution < -0.4 is 5.32 Å². The van der Waals surface area contributed by atoms with E-state index in [0.717, 1.165) is 13.0 Å². The van der Waals surface area contributed by atoms with Crippen LogP contribution >= 0.6 is 11.3 Å². The Balaban J connectivity index is 1.60. The lowest BCUT2D eigenvalue weighted by Crippen LogP contribution is -2.27. The minimum Gasteiger partial charge on any atom is -0.308 e. The molecule has 0 spiro atoms. The average molecular weight is 259 g/mol. The number of aromatic nitrogens is 2. The van der Waals surface area contributed by atoms with Crippen LogP contribution in [-0.4, -0.2) is 16.5 Å². The van der Waals surface area contributed by atoms with Crippen LogP contribution in [0, 0.1) is 0 Å². The third-order valence-electron chi connectivity index (χ3n) is 3.44. The highest BCUT2D eigenvalue weighted by Gasteiger charge is 2.20. The summed E-state index contributed by atoms with van der Waals surface area (Å²) in [6.07, 6.45) is 8.56. The first-order valence-electron chi connectivity index (χ1n) is 6.48. The number of pyridine rings is 1. The summed E-state index contributed by atoms with van der Waals surface area (Å²) in [6, 6.07) is 4.68. The van der Waals surface area contributed by atoms with Crippen molar-refractivity contribution in [2.45, 2.75) is 31.7 Å². The molecule has 1 unspecified atom stereocenters. The molecule has 0 amide bonds. The van der Waals surface area contributed by atoms with Crippen LogP contribution in [0.2, 0.25) is 0 Å². The van der Waals surface area contributed by atoms with Gasteiger partial charge in [-0.05, 0) is 37.3 Å². The van der Waals surface area contributed by atoms with Gasteiger partial charge < -0.3 is 5.32 Å². The lowest BCUT2D eigenvalue weighted by molar-refractivity contribution is 0.452. The second-order valence-corrected chi connectivity index (χ2v) is 5.64. The van der Waals surface area contributed by atoms with Crippen molar-refractivity contribution in [2.75, 3.05) is 6.54 Å². The number of nitrogens with zero attached hydrogens (tertiary/aromatic N) is 2. The smallest absolute Gasteiger partial charge is 0.0794 e. The number of hydrogen-bond acceptors (Lipinski definition) is 4. The van der Waals surface area contributed by atoms with Crippen molar-refractivity contribution in [3.8, 4) is 0 Å². The molecular weight excluding hydrogens is 242 g/mol. The SMILES string of the molecule is c1cnc2c(c1)CCCC2NCCc1cncs1. The Bertz CT molecular complexity index is 496. The zero-order valence-corrected chi connectivity index (χ0v) is 11.1. The van der Waals surface area contributed by atoms with Crippen LogP contribution in [0.3, 0.4) is 0 Å². The van der Waals surface area contributed by atoms with Crippen molar-refractivity contribution in [3.63, 3.8) is 0 Å². The van der Waals surface area contributed by atoms with Gasteiger partial charge in [0.05, 0.1) is 11.2 Å². The topological polar surface area (TPSA) is 37.8 Å². The highest BCUT2D eigenvalue weighted by molar-refractivity contribution is 7.09. The summed E-state index contributed by atoms with van der Waals surface area (Å²) in [7, 11) is 0. The molecule has 2 heterocycles. The van der Waals surface area contributed by atoms with Crippen LogP contribution in [0.4, 0.5) is 0 Å². The van der Waals surface area contributed by atoms with Gasteiger partial charge in [0.1, 0.15) is 0 Å². The summed E-state index contributed by atoms with van der Waals surface area (Å²) in [6.45, 7) is 1.00. The molecule has 0 bridgehead atoms. The molecule has 0 saturated heterocycles. The Morgan fingerprint density at radius 3 is 3.33 bits per heavy atom. The molecule has 2 aromatic heterocycles. The largest absolute Gasteiger partial charge is 0.308 e. The summed E-state index contributed by atoms with van der Waals surface area (Å²) in [5, 5.41) is 3.63.